The topological polar surface area (TPSA) is 68.8 Å². The zero-order valence-corrected chi connectivity index (χ0v) is 12.9. The van der Waals surface area contributed by atoms with Gasteiger partial charge in [-0.05, 0) is 39.3 Å². The highest BCUT2D eigenvalue weighted by molar-refractivity contribution is 6.31. The maximum Gasteiger partial charge on any atom is 0.0911 e. The highest BCUT2D eigenvalue weighted by Gasteiger charge is 2.24. The molecular weight excluding hydrogens is 274 g/mol. The molecule has 0 aliphatic carbocycles. The molecule has 0 saturated heterocycles. The van der Waals surface area contributed by atoms with Crippen molar-refractivity contribution in [2.75, 3.05) is 0 Å². The Kier molecular flexibility index (Phi) is 4.42. The average molecular weight is 294 g/mol. The fraction of sp³-hybridized carbons (Fsp3) is 0.429. The summed E-state index contributed by atoms with van der Waals surface area (Å²) in [6.45, 7) is 8.05. The summed E-state index contributed by atoms with van der Waals surface area (Å²) < 4.78 is 1.88. The van der Waals surface area contributed by atoms with Gasteiger partial charge in [0.15, 0.2) is 0 Å². The van der Waals surface area contributed by atoms with Crippen LogP contribution in [0.2, 0.25) is 5.02 Å². The third kappa shape index (κ3) is 2.70. The lowest BCUT2D eigenvalue weighted by Gasteiger charge is -2.22. The molecular formula is C14H20ClN5. The minimum absolute atomic E-state index is 0.201. The maximum atomic E-state index is 6.30. The third-order valence-corrected chi connectivity index (χ3v) is 3.58. The SMILES string of the molecule is Cc1ccc(C(NN)c2c(Cl)cnn2C(C)C)c(C)n1. The van der Waals surface area contributed by atoms with E-state index in [-0.39, 0.29) is 12.1 Å². The van der Waals surface area contributed by atoms with Crippen LogP contribution in [0, 0.1) is 13.8 Å². The normalized spacial score (nSPS) is 12.9. The molecule has 2 heterocycles. The summed E-state index contributed by atoms with van der Waals surface area (Å²) in [7, 11) is 0. The molecule has 3 N–H and O–H groups in total. The molecule has 0 radical (unpaired) electrons. The van der Waals surface area contributed by atoms with Crippen LogP contribution in [0.4, 0.5) is 0 Å². The van der Waals surface area contributed by atoms with Gasteiger partial charge in [0.2, 0.25) is 0 Å². The summed E-state index contributed by atoms with van der Waals surface area (Å²) in [5.41, 5.74) is 6.60. The lowest BCUT2D eigenvalue weighted by Crippen LogP contribution is -2.32. The molecule has 108 valence electrons. The van der Waals surface area contributed by atoms with E-state index in [2.05, 4.69) is 29.4 Å². The number of pyridine rings is 1. The van der Waals surface area contributed by atoms with Gasteiger partial charge in [-0.2, -0.15) is 5.10 Å². The molecule has 0 saturated carbocycles. The molecule has 0 aliphatic heterocycles. The number of nitrogens with one attached hydrogen (secondary N) is 1. The van der Waals surface area contributed by atoms with Crippen LogP contribution in [0.25, 0.3) is 0 Å². The number of hydrogen-bond acceptors (Lipinski definition) is 4. The van der Waals surface area contributed by atoms with Gasteiger partial charge in [-0.25, -0.2) is 5.43 Å². The molecule has 0 spiro atoms. The second-order valence-corrected chi connectivity index (χ2v) is 5.55. The van der Waals surface area contributed by atoms with Gasteiger partial charge < -0.3 is 0 Å². The van der Waals surface area contributed by atoms with E-state index in [1.807, 2.05) is 30.7 Å². The number of nitrogens with zero attached hydrogens (tertiary/aromatic N) is 3. The number of halogens is 1. The minimum atomic E-state index is -0.236. The summed E-state index contributed by atoms with van der Waals surface area (Å²) in [4.78, 5) is 4.49. The Bertz CT molecular complexity index is 606. The predicted octanol–water partition coefficient (Wildman–Crippen LogP) is 2.68. The first-order valence-electron chi connectivity index (χ1n) is 6.58. The molecule has 2 aromatic heterocycles. The second kappa shape index (κ2) is 5.91. The molecule has 0 aliphatic rings. The quantitative estimate of drug-likeness (QED) is 0.672. The number of hydrogen-bond donors (Lipinski definition) is 2. The first-order valence-corrected chi connectivity index (χ1v) is 6.96. The Labute approximate surface area is 124 Å². The molecule has 0 aromatic carbocycles. The summed E-state index contributed by atoms with van der Waals surface area (Å²) in [6.07, 6.45) is 1.65. The largest absolute Gasteiger partial charge is 0.271 e. The van der Waals surface area contributed by atoms with E-state index in [0.29, 0.717) is 5.02 Å². The van der Waals surface area contributed by atoms with Crippen LogP contribution in [-0.2, 0) is 0 Å². The highest BCUT2D eigenvalue weighted by Crippen LogP contribution is 2.30. The van der Waals surface area contributed by atoms with E-state index in [0.717, 1.165) is 22.6 Å². The average Bonchev–Trinajstić information content (AvgIpc) is 2.75. The van der Waals surface area contributed by atoms with Crippen LogP contribution in [-0.4, -0.2) is 14.8 Å². The van der Waals surface area contributed by atoms with E-state index in [4.69, 9.17) is 17.4 Å². The lowest BCUT2D eigenvalue weighted by atomic mass is 10.0. The molecule has 0 amide bonds. The fourth-order valence-corrected chi connectivity index (χ4v) is 2.59. The fourth-order valence-electron chi connectivity index (χ4n) is 2.35. The first kappa shape index (κ1) is 15.0. The van der Waals surface area contributed by atoms with Crippen molar-refractivity contribution in [2.24, 2.45) is 5.84 Å². The summed E-state index contributed by atoms with van der Waals surface area (Å²) >= 11 is 6.30. The van der Waals surface area contributed by atoms with Crippen LogP contribution in [0.1, 0.15) is 48.6 Å². The van der Waals surface area contributed by atoms with Crippen molar-refractivity contribution in [3.63, 3.8) is 0 Å². The molecule has 2 aromatic rings. The van der Waals surface area contributed by atoms with E-state index in [9.17, 15) is 0 Å². The van der Waals surface area contributed by atoms with E-state index >= 15 is 0 Å². The summed E-state index contributed by atoms with van der Waals surface area (Å²) in [5, 5.41) is 4.92. The van der Waals surface area contributed by atoms with Gasteiger partial charge in [-0.3, -0.25) is 15.5 Å². The molecule has 5 nitrogen and oxygen atoms in total. The van der Waals surface area contributed by atoms with Gasteiger partial charge in [0.05, 0.1) is 23.0 Å². The molecule has 2 rings (SSSR count). The number of aryl methyl sites for hydroxylation is 2. The Morgan fingerprint density at radius 2 is 2.00 bits per heavy atom. The Balaban J connectivity index is 2.55. The molecule has 0 bridgehead atoms. The van der Waals surface area contributed by atoms with Crippen molar-refractivity contribution in [2.45, 2.75) is 39.8 Å². The van der Waals surface area contributed by atoms with Gasteiger partial charge in [-0.1, -0.05) is 17.7 Å². The smallest absolute Gasteiger partial charge is 0.0911 e. The first-order chi connectivity index (χ1) is 9.45. The highest BCUT2D eigenvalue weighted by atomic mass is 35.5. The van der Waals surface area contributed by atoms with Gasteiger partial charge in [0.25, 0.3) is 0 Å². The van der Waals surface area contributed by atoms with Crippen LogP contribution >= 0.6 is 11.6 Å². The monoisotopic (exact) mass is 293 g/mol. The van der Waals surface area contributed by atoms with Gasteiger partial charge in [0, 0.05) is 17.4 Å². The summed E-state index contributed by atoms with van der Waals surface area (Å²) in [6, 6.07) is 3.96. The van der Waals surface area contributed by atoms with Crippen molar-refractivity contribution in [1.29, 1.82) is 0 Å². The zero-order valence-electron chi connectivity index (χ0n) is 12.2. The molecule has 20 heavy (non-hydrogen) atoms. The van der Waals surface area contributed by atoms with Crippen molar-refractivity contribution < 1.29 is 0 Å². The number of rotatable bonds is 4. The Morgan fingerprint density at radius 1 is 1.30 bits per heavy atom. The molecule has 1 atom stereocenters. The Hall–Kier alpha value is -1.43. The number of aromatic nitrogens is 3. The Morgan fingerprint density at radius 3 is 2.55 bits per heavy atom. The predicted molar refractivity (Wildman–Crippen MR) is 80.5 cm³/mol. The van der Waals surface area contributed by atoms with Gasteiger partial charge in [-0.15, -0.1) is 0 Å². The lowest BCUT2D eigenvalue weighted by molar-refractivity contribution is 0.475. The minimum Gasteiger partial charge on any atom is -0.271 e. The van der Waals surface area contributed by atoms with Crippen molar-refractivity contribution in [3.8, 4) is 0 Å². The van der Waals surface area contributed by atoms with Gasteiger partial charge >= 0.3 is 0 Å². The van der Waals surface area contributed by atoms with Crippen molar-refractivity contribution in [3.05, 3.63) is 46.0 Å². The molecule has 0 fully saturated rings. The van der Waals surface area contributed by atoms with Crippen LogP contribution in [0.15, 0.2) is 18.3 Å². The van der Waals surface area contributed by atoms with Crippen molar-refractivity contribution in [1.82, 2.24) is 20.2 Å². The second-order valence-electron chi connectivity index (χ2n) is 5.14. The zero-order chi connectivity index (χ0) is 14.9. The van der Waals surface area contributed by atoms with Crippen molar-refractivity contribution >= 4 is 11.6 Å². The van der Waals surface area contributed by atoms with E-state index < -0.39 is 0 Å². The number of hydrazine groups is 1. The van der Waals surface area contributed by atoms with E-state index in [1.165, 1.54) is 0 Å². The van der Waals surface area contributed by atoms with Crippen LogP contribution in [0.3, 0.4) is 0 Å². The summed E-state index contributed by atoms with van der Waals surface area (Å²) in [5.74, 6) is 5.76. The number of nitrogens with two attached hydrogens (primary N) is 1. The molecule has 6 heteroatoms. The van der Waals surface area contributed by atoms with E-state index in [1.54, 1.807) is 6.20 Å². The molecule has 1 unspecified atom stereocenters. The van der Waals surface area contributed by atoms with Gasteiger partial charge in [0.1, 0.15) is 0 Å². The van der Waals surface area contributed by atoms with Crippen LogP contribution in [0.5, 0.6) is 0 Å². The van der Waals surface area contributed by atoms with Crippen LogP contribution < -0.4 is 11.3 Å². The standard InChI is InChI=1S/C14H20ClN5/c1-8(2)20-14(12(15)7-17-20)13(19-16)11-6-5-9(3)18-10(11)4/h5-8,13,19H,16H2,1-4H3. The third-order valence-electron chi connectivity index (χ3n) is 3.29. The maximum absolute atomic E-state index is 6.30.